The van der Waals surface area contributed by atoms with E-state index >= 15 is 0 Å². The van der Waals surface area contributed by atoms with Crippen LogP contribution in [0.4, 0.5) is 4.39 Å². The van der Waals surface area contributed by atoms with Crippen molar-refractivity contribution in [3.8, 4) is 0 Å². The van der Waals surface area contributed by atoms with Crippen molar-refractivity contribution in [2.75, 3.05) is 26.7 Å². The lowest BCUT2D eigenvalue weighted by molar-refractivity contribution is -0.138. The molecule has 1 N–H and O–H groups in total. The Morgan fingerprint density at radius 2 is 2.12 bits per heavy atom. The van der Waals surface area contributed by atoms with Crippen LogP contribution in [0.5, 0.6) is 0 Å². The van der Waals surface area contributed by atoms with Crippen molar-refractivity contribution in [1.29, 1.82) is 0 Å². The largest absolute Gasteiger partial charge is 0.480 e. The van der Waals surface area contributed by atoms with E-state index in [9.17, 15) is 17.6 Å². The number of rotatable bonds is 6. The lowest BCUT2D eigenvalue weighted by atomic mass is 10.1. The predicted molar refractivity (Wildman–Crippen MR) is 93.5 cm³/mol. The molecule has 1 aliphatic heterocycles. The molecule has 6 nitrogen and oxygen atoms in total. The van der Waals surface area contributed by atoms with E-state index < -0.39 is 27.6 Å². The van der Waals surface area contributed by atoms with Crippen molar-refractivity contribution < 1.29 is 22.7 Å². The molecule has 1 aliphatic rings. The van der Waals surface area contributed by atoms with Gasteiger partial charge in [-0.3, -0.25) is 9.69 Å². The van der Waals surface area contributed by atoms with Gasteiger partial charge in [0.2, 0.25) is 10.0 Å². The summed E-state index contributed by atoms with van der Waals surface area (Å²) >= 11 is 5.82. The van der Waals surface area contributed by atoms with Gasteiger partial charge in [0.1, 0.15) is 5.82 Å². The maximum Gasteiger partial charge on any atom is 0.317 e. The number of nitrogens with zero attached hydrogens (tertiary/aromatic N) is 2. The number of carboxylic acid groups (broad SMARTS) is 1. The second-order valence-corrected chi connectivity index (χ2v) is 8.69. The number of hydrogen-bond acceptors (Lipinski definition) is 4. The molecule has 1 aromatic carbocycles. The smallest absolute Gasteiger partial charge is 0.317 e. The van der Waals surface area contributed by atoms with Crippen LogP contribution in [0.3, 0.4) is 0 Å². The zero-order valence-electron chi connectivity index (χ0n) is 14.0. The van der Waals surface area contributed by atoms with Crippen LogP contribution in [0.25, 0.3) is 0 Å². The molecule has 9 heteroatoms. The first-order valence-electron chi connectivity index (χ1n) is 8.03. The van der Waals surface area contributed by atoms with Crippen molar-refractivity contribution in [2.45, 2.75) is 31.1 Å². The Morgan fingerprint density at radius 3 is 2.80 bits per heavy atom. The average molecular weight is 393 g/mol. The van der Waals surface area contributed by atoms with Crippen molar-refractivity contribution in [3.05, 3.63) is 34.6 Å². The molecule has 0 aliphatic carbocycles. The fourth-order valence-electron chi connectivity index (χ4n) is 3.06. The van der Waals surface area contributed by atoms with E-state index in [0.717, 1.165) is 12.5 Å². The SMILES string of the molecule is CN(CC(=O)O)C1CCCN(S(=O)(=O)Cc2cc(Cl)ccc2F)CC1. The minimum atomic E-state index is -3.67. The Balaban J connectivity index is 2.05. The summed E-state index contributed by atoms with van der Waals surface area (Å²) < 4.78 is 40.5. The third kappa shape index (κ3) is 5.64. The second kappa shape index (κ2) is 8.44. The van der Waals surface area contributed by atoms with E-state index in [4.69, 9.17) is 16.7 Å². The summed E-state index contributed by atoms with van der Waals surface area (Å²) in [7, 11) is -1.94. The predicted octanol–water partition coefficient (Wildman–Crippen LogP) is 2.18. The van der Waals surface area contributed by atoms with Gasteiger partial charge in [-0.2, -0.15) is 0 Å². The minimum Gasteiger partial charge on any atom is -0.480 e. The van der Waals surface area contributed by atoms with Crippen LogP contribution in [0.2, 0.25) is 5.02 Å². The fraction of sp³-hybridized carbons (Fsp3) is 0.562. The van der Waals surface area contributed by atoms with Crippen LogP contribution in [-0.2, 0) is 20.6 Å². The van der Waals surface area contributed by atoms with Crippen molar-refractivity contribution in [2.24, 2.45) is 0 Å². The number of carboxylic acids is 1. The van der Waals surface area contributed by atoms with Crippen LogP contribution < -0.4 is 0 Å². The van der Waals surface area contributed by atoms with Gasteiger partial charge in [0.15, 0.2) is 0 Å². The van der Waals surface area contributed by atoms with Crippen LogP contribution in [0, 0.1) is 5.82 Å². The normalized spacial score (nSPS) is 19.8. The third-order valence-electron chi connectivity index (χ3n) is 4.40. The van der Waals surface area contributed by atoms with Crippen LogP contribution >= 0.6 is 11.6 Å². The lowest BCUT2D eigenvalue weighted by Gasteiger charge is -2.25. The minimum absolute atomic E-state index is 0.0132. The summed E-state index contributed by atoms with van der Waals surface area (Å²) in [6.45, 7) is 0.562. The zero-order chi connectivity index (χ0) is 18.6. The number of benzene rings is 1. The van der Waals surface area contributed by atoms with Gasteiger partial charge in [0.25, 0.3) is 0 Å². The molecule has 25 heavy (non-hydrogen) atoms. The summed E-state index contributed by atoms with van der Waals surface area (Å²) in [6.07, 6.45) is 1.90. The fourth-order valence-corrected chi connectivity index (χ4v) is 4.84. The molecule has 0 saturated carbocycles. The summed E-state index contributed by atoms with van der Waals surface area (Å²) in [5.74, 6) is -1.94. The van der Waals surface area contributed by atoms with E-state index in [2.05, 4.69) is 0 Å². The molecule has 1 unspecified atom stereocenters. The second-order valence-electron chi connectivity index (χ2n) is 6.28. The van der Waals surface area contributed by atoms with Gasteiger partial charge >= 0.3 is 5.97 Å². The van der Waals surface area contributed by atoms with Gasteiger partial charge in [-0.1, -0.05) is 11.6 Å². The van der Waals surface area contributed by atoms with E-state index in [-0.39, 0.29) is 23.2 Å². The molecular weight excluding hydrogens is 371 g/mol. The van der Waals surface area contributed by atoms with E-state index in [1.807, 2.05) is 0 Å². The standard InChI is InChI=1S/C16H22ClFN2O4S/c1-19(10-16(21)22)14-3-2-7-20(8-6-14)25(23,24)11-12-9-13(17)4-5-15(12)18/h4-5,9,14H,2-3,6-8,10-11H2,1H3,(H,21,22). The van der Waals surface area contributed by atoms with Crippen LogP contribution in [-0.4, -0.2) is 61.4 Å². The van der Waals surface area contributed by atoms with Crippen LogP contribution in [0.1, 0.15) is 24.8 Å². The number of likely N-dealkylation sites (N-methyl/N-ethyl adjacent to an activating group) is 1. The van der Waals surface area contributed by atoms with Gasteiger partial charge in [-0.15, -0.1) is 0 Å². The van der Waals surface area contributed by atoms with Gasteiger partial charge in [0, 0.05) is 29.7 Å². The van der Waals surface area contributed by atoms with Gasteiger partial charge in [-0.05, 0) is 44.5 Å². The van der Waals surface area contributed by atoms with Gasteiger partial charge in [0.05, 0.1) is 12.3 Å². The van der Waals surface area contributed by atoms with E-state index in [1.54, 1.807) is 11.9 Å². The van der Waals surface area contributed by atoms with Gasteiger partial charge < -0.3 is 5.11 Å². The Hall–Kier alpha value is -1.22. The lowest BCUT2D eigenvalue weighted by Crippen LogP contribution is -2.37. The number of carbonyl (C=O) groups is 1. The highest BCUT2D eigenvalue weighted by Gasteiger charge is 2.28. The molecule has 0 spiro atoms. The first-order valence-corrected chi connectivity index (χ1v) is 10.0. The highest BCUT2D eigenvalue weighted by atomic mass is 35.5. The molecule has 140 valence electrons. The topological polar surface area (TPSA) is 77.9 Å². The first kappa shape index (κ1) is 20.1. The maximum atomic E-state index is 13.8. The average Bonchev–Trinajstić information content (AvgIpc) is 2.76. The van der Waals surface area contributed by atoms with E-state index in [1.165, 1.54) is 16.4 Å². The summed E-state index contributed by atoms with van der Waals surface area (Å²) in [4.78, 5) is 12.6. The maximum absolute atomic E-state index is 13.8. The Kier molecular flexibility index (Phi) is 6.79. The molecule has 1 saturated heterocycles. The highest BCUT2D eigenvalue weighted by Crippen LogP contribution is 2.22. The molecule has 0 radical (unpaired) electrons. The number of halogens is 2. The molecule has 1 fully saturated rings. The molecule has 1 heterocycles. The van der Waals surface area contributed by atoms with Crippen molar-refractivity contribution >= 4 is 27.6 Å². The van der Waals surface area contributed by atoms with Crippen molar-refractivity contribution in [3.63, 3.8) is 0 Å². The molecular formula is C16H22ClFN2O4S. The molecule has 2 rings (SSSR count). The molecule has 0 aromatic heterocycles. The first-order chi connectivity index (χ1) is 11.7. The number of sulfonamides is 1. The Labute approximate surface area is 152 Å². The third-order valence-corrected chi connectivity index (χ3v) is 6.47. The Morgan fingerprint density at radius 1 is 1.40 bits per heavy atom. The van der Waals surface area contributed by atoms with Crippen molar-refractivity contribution in [1.82, 2.24) is 9.21 Å². The molecule has 0 bridgehead atoms. The monoisotopic (exact) mass is 392 g/mol. The quantitative estimate of drug-likeness (QED) is 0.802. The zero-order valence-corrected chi connectivity index (χ0v) is 15.6. The molecule has 1 aromatic rings. The molecule has 0 amide bonds. The number of hydrogen-bond donors (Lipinski definition) is 1. The van der Waals surface area contributed by atoms with Crippen LogP contribution in [0.15, 0.2) is 18.2 Å². The summed E-state index contributed by atoms with van der Waals surface area (Å²) in [5.41, 5.74) is 0.0521. The summed E-state index contributed by atoms with van der Waals surface area (Å²) in [5, 5.41) is 9.17. The highest BCUT2D eigenvalue weighted by molar-refractivity contribution is 7.88. The Bertz CT molecular complexity index is 729. The summed E-state index contributed by atoms with van der Waals surface area (Å²) in [6, 6.07) is 3.88. The van der Waals surface area contributed by atoms with E-state index in [0.29, 0.717) is 25.9 Å². The molecule has 1 atom stereocenters. The number of aliphatic carboxylic acids is 1. The van der Waals surface area contributed by atoms with Gasteiger partial charge in [-0.25, -0.2) is 17.1 Å².